The summed E-state index contributed by atoms with van der Waals surface area (Å²) in [4.78, 5) is 26.2. The highest BCUT2D eigenvalue weighted by Crippen LogP contribution is 2.42. The van der Waals surface area contributed by atoms with Crippen LogP contribution in [0, 0.1) is 6.92 Å². The standard InChI is InChI=1S/C17H18N2O3S/c1-11-5-7-13(8-6-11)18-15(20)10-19-16(21)12(2)23-17(19)14-4-3-9-22-14/h3-9,12,17H,10H2,1-2H3,(H,18,20)/t12-,17-/m0/s1. The smallest absolute Gasteiger partial charge is 0.244 e. The molecule has 23 heavy (non-hydrogen) atoms. The Morgan fingerprint density at radius 3 is 2.70 bits per heavy atom. The molecule has 1 N–H and O–H groups in total. The monoisotopic (exact) mass is 330 g/mol. The summed E-state index contributed by atoms with van der Waals surface area (Å²) in [5.74, 6) is 0.430. The number of anilines is 1. The van der Waals surface area contributed by atoms with Crippen molar-refractivity contribution in [3.63, 3.8) is 0 Å². The SMILES string of the molecule is Cc1ccc(NC(=O)CN2C(=O)[C@H](C)S[C@H]2c2ccco2)cc1. The minimum Gasteiger partial charge on any atom is -0.466 e. The molecule has 0 aliphatic carbocycles. The minimum atomic E-state index is -0.253. The molecule has 2 heterocycles. The van der Waals surface area contributed by atoms with Crippen molar-refractivity contribution in [2.75, 3.05) is 11.9 Å². The molecule has 1 aliphatic rings. The van der Waals surface area contributed by atoms with Gasteiger partial charge in [0.1, 0.15) is 17.7 Å². The summed E-state index contributed by atoms with van der Waals surface area (Å²) in [6, 6.07) is 11.2. The molecule has 1 aliphatic heterocycles. The molecule has 1 aromatic heterocycles. The summed E-state index contributed by atoms with van der Waals surface area (Å²) in [5.41, 5.74) is 1.85. The van der Waals surface area contributed by atoms with Crippen LogP contribution >= 0.6 is 11.8 Å². The summed E-state index contributed by atoms with van der Waals surface area (Å²) in [7, 11) is 0. The largest absolute Gasteiger partial charge is 0.466 e. The van der Waals surface area contributed by atoms with Gasteiger partial charge in [-0.25, -0.2) is 0 Å². The van der Waals surface area contributed by atoms with Gasteiger partial charge in [0.2, 0.25) is 11.8 Å². The lowest BCUT2D eigenvalue weighted by atomic mass is 10.2. The Morgan fingerprint density at radius 2 is 2.04 bits per heavy atom. The van der Waals surface area contributed by atoms with E-state index in [1.807, 2.05) is 44.2 Å². The maximum Gasteiger partial charge on any atom is 0.244 e. The van der Waals surface area contributed by atoms with Gasteiger partial charge < -0.3 is 14.6 Å². The van der Waals surface area contributed by atoms with Gasteiger partial charge in [-0.15, -0.1) is 11.8 Å². The predicted molar refractivity (Wildman–Crippen MR) is 90.0 cm³/mol. The van der Waals surface area contributed by atoms with Crippen LogP contribution in [-0.4, -0.2) is 28.5 Å². The highest BCUT2D eigenvalue weighted by molar-refractivity contribution is 8.01. The minimum absolute atomic E-state index is 0.00934. The van der Waals surface area contributed by atoms with Gasteiger partial charge in [0.25, 0.3) is 0 Å². The molecule has 2 atom stereocenters. The number of thioether (sulfide) groups is 1. The topological polar surface area (TPSA) is 62.6 Å². The second-order valence-corrected chi connectivity index (χ2v) is 6.95. The molecule has 6 heteroatoms. The van der Waals surface area contributed by atoms with E-state index < -0.39 is 0 Å². The molecule has 2 amide bonds. The molecule has 0 radical (unpaired) electrons. The van der Waals surface area contributed by atoms with E-state index in [4.69, 9.17) is 4.42 Å². The average molecular weight is 330 g/mol. The first kappa shape index (κ1) is 15.7. The molecule has 0 saturated carbocycles. The number of amides is 2. The highest BCUT2D eigenvalue weighted by atomic mass is 32.2. The van der Waals surface area contributed by atoms with Crippen LogP contribution in [0.25, 0.3) is 0 Å². The van der Waals surface area contributed by atoms with Crippen molar-refractivity contribution < 1.29 is 14.0 Å². The zero-order valence-corrected chi connectivity index (χ0v) is 13.8. The van der Waals surface area contributed by atoms with Crippen LogP contribution in [0.15, 0.2) is 47.1 Å². The third kappa shape index (κ3) is 3.42. The summed E-state index contributed by atoms with van der Waals surface area (Å²) >= 11 is 1.49. The summed E-state index contributed by atoms with van der Waals surface area (Å²) in [5, 5.41) is 2.39. The number of furan rings is 1. The third-order valence-corrected chi connectivity index (χ3v) is 5.04. The van der Waals surface area contributed by atoms with E-state index in [0.717, 1.165) is 11.3 Å². The van der Waals surface area contributed by atoms with Gasteiger partial charge in [0.15, 0.2) is 0 Å². The van der Waals surface area contributed by atoms with Crippen molar-refractivity contribution >= 4 is 29.3 Å². The number of carbonyl (C=O) groups is 2. The summed E-state index contributed by atoms with van der Waals surface area (Å²) in [6.07, 6.45) is 1.58. The van der Waals surface area contributed by atoms with Crippen molar-refractivity contribution in [2.24, 2.45) is 0 Å². The Balaban J connectivity index is 1.70. The van der Waals surface area contributed by atoms with Gasteiger partial charge in [-0.05, 0) is 38.1 Å². The first-order valence-electron chi connectivity index (χ1n) is 7.40. The van der Waals surface area contributed by atoms with Crippen molar-refractivity contribution in [1.82, 2.24) is 4.90 Å². The average Bonchev–Trinajstić information content (AvgIpc) is 3.14. The molecule has 0 spiro atoms. The van der Waals surface area contributed by atoms with E-state index in [-0.39, 0.29) is 29.0 Å². The number of carbonyl (C=O) groups excluding carboxylic acids is 2. The van der Waals surface area contributed by atoms with Gasteiger partial charge in [-0.1, -0.05) is 17.7 Å². The Labute approximate surface area is 139 Å². The zero-order chi connectivity index (χ0) is 16.4. The third-order valence-electron chi connectivity index (χ3n) is 3.68. The number of benzene rings is 1. The van der Waals surface area contributed by atoms with E-state index >= 15 is 0 Å². The lowest BCUT2D eigenvalue weighted by molar-refractivity contribution is -0.133. The molecule has 3 rings (SSSR count). The van der Waals surface area contributed by atoms with E-state index in [1.165, 1.54) is 11.8 Å². The molecule has 2 aromatic rings. The molecule has 5 nitrogen and oxygen atoms in total. The number of hydrogen-bond acceptors (Lipinski definition) is 4. The fourth-order valence-electron chi connectivity index (χ4n) is 2.48. The maximum absolute atomic E-state index is 12.3. The number of aryl methyl sites for hydroxylation is 1. The Kier molecular flexibility index (Phi) is 4.43. The molecule has 120 valence electrons. The maximum atomic E-state index is 12.3. The van der Waals surface area contributed by atoms with Crippen LogP contribution in [0.3, 0.4) is 0 Å². The van der Waals surface area contributed by atoms with Gasteiger partial charge in [0.05, 0.1) is 11.5 Å². The number of hydrogen-bond donors (Lipinski definition) is 1. The van der Waals surface area contributed by atoms with Crippen LogP contribution in [0.1, 0.15) is 23.6 Å². The fraction of sp³-hybridized carbons (Fsp3) is 0.294. The van der Waals surface area contributed by atoms with E-state index in [2.05, 4.69) is 5.32 Å². The lowest BCUT2D eigenvalue weighted by Gasteiger charge is -2.21. The van der Waals surface area contributed by atoms with Gasteiger partial charge in [-0.3, -0.25) is 9.59 Å². The van der Waals surface area contributed by atoms with Crippen LogP contribution in [0.5, 0.6) is 0 Å². The van der Waals surface area contributed by atoms with Crippen LogP contribution in [-0.2, 0) is 9.59 Å². The second kappa shape index (κ2) is 6.50. The Hall–Kier alpha value is -2.21. The normalized spacial score (nSPS) is 20.8. The van der Waals surface area contributed by atoms with Crippen molar-refractivity contribution in [2.45, 2.75) is 24.5 Å². The molecule has 1 saturated heterocycles. The fourth-order valence-corrected chi connectivity index (χ4v) is 3.71. The quantitative estimate of drug-likeness (QED) is 0.935. The van der Waals surface area contributed by atoms with Crippen LogP contribution < -0.4 is 5.32 Å². The summed E-state index contributed by atoms with van der Waals surface area (Å²) < 4.78 is 5.41. The van der Waals surface area contributed by atoms with Crippen molar-refractivity contribution in [1.29, 1.82) is 0 Å². The first-order valence-corrected chi connectivity index (χ1v) is 8.35. The molecular formula is C17H18N2O3S. The number of nitrogens with one attached hydrogen (secondary N) is 1. The van der Waals surface area contributed by atoms with Gasteiger partial charge in [0, 0.05) is 5.69 Å². The van der Waals surface area contributed by atoms with Crippen molar-refractivity contribution in [3.05, 3.63) is 54.0 Å². The molecule has 1 fully saturated rings. The lowest BCUT2D eigenvalue weighted by Crippen LogP contribution is -2.37. The number of nitrogens with zero attached hydrogens (tertiary/aromatic N) is 1. The van der Waals surface area contributed by atoms with Crippen molar-refractivity contribution in [3.8, 4) is 0 Å². The molecule has 1 aromatic carbocycles. The molecule has 0 bridgehead atoms. The second-order valence-electron chi connectivity index (χ2n) is 5.53. The van der Waals surface area contributed by atoms with E-state index in [9.17, 15) is 9.59 Å². The van der Waals surface area contributed by atoms with Crippen LogP contribution in [0.2, 0.25) is 0 Å². The van der Waals surface area contributed by atoms with Gasteiger partial charge >= 0.3 is 0 Å². The van der Waals surface area contributed by atoms with E-state index in [1.54, 1.807) is 17.2 Å². The van der Waals surface area contributed by atoms with E-state index in [0.29, 0.717) is 5.76 Å². The zero-order valence-electron chi connectivity index (χ0n) is 13.0. The number of rotatable bonds is 4. The highest BCUT2D eigenvalue weighted by Gasteiger charge is 2.40. The summed E-state index contributed by atoms with van der Waals surface area (Å²) in [6.45, 7) is 3.84. The predicted octanol–water partition coefficient (Wildman–Crippen LogP) is 3.19. The molecular weight excluding hydrogens is 312 g/mol. The molecule has 0 unspecified atom stereocenters. The van der Waals surface area contributed by atoms with Crippen LogP contribution in [0.4, 0.5) is 5.69 Å². The first-order chi connectivity index (χ1) is 11.0. The Morgan fingerprint density at radius 1 is 1.30 bits per heavy atom. The van der Waals surface area contributed by atoms with Gasteiger partial charge in [-0.2, -0.15) is 0 Å². The Bertz CT molecular complexity index is 697.